The first-order chi connectivity index (χ1) is 13.3. The van der Waals surface area contributed by atoms with Crippen LogP contribution in [0.25, 0.3) is 0 Å². The second-order valence-electron chi connectivity index (χ2n) is 6.95. The van der Waals surface area contributed by atoms with E-state index in [1.165, 1.54) is 6.07 Å². The smallest absolute Gasteiger partial charge is 0.128 e. The minimum atomic E-state index is -0.0160. The van der Waals surface area contributed by atoms with Gasteiger partial charge in [-0.1, -0.05) is 35.4 Å². The van der Waals surface area contributed by atoms with Crippen molar-refractivity contribution in [2.24, 2.45) is 9.98 Å². The van der Waals surface area contributed by atoms with E-state index in [0.29, 0.717) is 22.6 Å². The van der Waals surface area contributed by atoms with Gasteiger partial charge in [-0.25, -0.2) is 0 Å². The molecule has 0 bridgehead atoms. The summed E-state index contributed by atoms with van der Waals surface area (Å²) in [4.78, 5) is 9.18. The van der Waals surface area contributed by atoms with E-state index in [9.17, 15) is 10.2 Å². The fourth-order valence-electron chi connectivity index (χ4n) is 2.90. The summed E-state index contributed by atoms with van der Waals surface area (Å²) >= 11 is 0. The molecule has 0 aliphatic heterocycles. The number of hydrogen-bond acceptors (Lipinski definition) is 4. The number of phenolic OH excluding ortho intramolecular Hbond substituents is 2. The number of phenols is 2. The molecule has 3 rings (SSSR count). The lowest BCUT2D eigenvalue weighted by molar-refractivity contribution is 0.449. The molecule has 0 unspecified atom stereocenters. The normalized spacial score (nSPS) is 12.3. The summed E-state index contributed by atoms with van der Waals surface area (Å²) in [5.74, 6) is -0.0319. The van der Waals surface area contributed by atoms with Gasteiger partial charge in [0.15, 0.2) is 0 Å². The van der Waals surface area contributed by atoms with E-state index in [-0.39, 0.29) is 11.5 Å². The van der Waals surface area contributed by atoms with Gasteiger partial charge >= 0.3 is 0 Å². The molecule has 0 aromatic heterocycles. The molecular weight excluding hydrogens is 348 g/mol. The van der Waals surface area contributed by atoms with E-state index in [1.807, 2.05) is 76.2 Å². The zero-order chi connectivity index (χ0) is 20.3. The van der Waals surface area contributed by atoms with Gasteiger partial charge in [-0.05, 0) is 58.0 Å². The summed E-state index contributed by atoms with van der Waals surface area (Å²) in [7, 11) is 0. The number of aryl methyl sites for hydroxylation is 2. The Labute approximate surface area is 165 Å². The minimum absolute atomic E-state index is 0.0160. The van der Waals surface area contributed by atoms with E-state index in [2.05, 4.69) is 9.98 Å². The van der Waals surface area contributed by atoms with Gasteiger partial charge in [0, 0.05) is 28.6 Å². The lowest BCUT2D eigenvalue weighted by Crippen LogP contribution is -2.01. The average Bonchev–Trinajstić information content (AvgIpc) is 2.65. The molecule has 4 heteroatoms. The molecule has 2 N–H and O–H groups in total. The maximum atomic E-state index is 10.3. The lowest BCUT2D eigenvalue weighted by Gasteiger charge is -2.11. The molecule has 3 aromatic rings. The molecule has 0 fully saturated rings. The van der Waals surface area contributed by atoms with Gasteiger partial charge in [0.1, 0.15) is 11.5 Å². The van der Waals surface area contributed by atoms with E-state index in [4.69, 9.17) is 0 Å². The highest BCUT2D eigenvalue weighted by molar-refractivity contribution is 6.08. The number of benzene rings is 3. The number of aromatic hydroxyl groups is 2. The Morgan fingerprint density at radius 3 is 1.32 bits per heavy atom. The molecule has 0 saturated carbocycles. The van der Waals surface area contributed by atoms with Crippen LogP contribution in [-0.4, -0.2) is 21.6 Å². The Kier molecular flexibility index (Phi) is 5.59. The standard InChI is InChI=1S/C24H24N2O2/c1-15-5-9-19(10-6-15)25-17(3)21-13-22(24(28)14-23(21)27)18(4)26-20-11-7-16(2)8-12-20/h5-14,27-28H,1-4H3. The van der Waals surface area contributed by atoms with Gasteiger partial charge in [0.2, 0.25) is 0 Å². The SMILES string of the molecule is CC(=Nc1ccc(C)cc1)c1cc(C(C)=Nc2ccc(C)cc2)c(O)cc1O. The third-order valence-corrected chi connectivity index (χ3v) is 4.56. The zero-order valence-corrected chi connectivity index (χ0v) is 16.6. The Bertz CT molecular complexity index is 964. The van der Waals surface area contributed by atoms with Crippen LogP contribution in [0.4, 0.5) is 11.4 Å². The zero-order valence-electron chi connectivity index (χ0n) is 16.6. The maximum absolute atomic E-state index is 10.3. The summed E-state index contributed by atoms with van der Waals surface area (Å²) < 4.78 is 0. The van der Waals surface area contributed by atoms with E-state index < -0.39 is 0 Å². The third-order valence-electron chi connectivity index (χ3n) is 4.56. The Hall–Kier alpha value is -3.40. The summed E-state index contributed by atoms with van der Waals surface area (Å²) in [5, 5.41) is 20.7. The van der Waals surface area contributed by atoms with Gasteiger partial charge in [0.05, 0.1) is 11.4 Å². The van der Waals surface area contributed by atoms with Crippen LogP contribution < -0.4 is 0 Å². The molecule has 0 heterocycles. The Balaban J connectivity index is 2.00. The largest absolute Gasteiger partial charge is 0.507 e. The summed E-state index contributed by atoms with van der Waals surface area (Å²) in [6.07, 6.45) is 0. The summed E-state index contributed by atoms with van der Waals surface area (Å²) in [6, 6.07) is 18.8. The van der Waals surface area contributed by atoms with Gasteiger partial charge in [-0.15, -0.1) is 0 Å². The Morgan fingerprint density at radius 1 is 0.607 bits per heavy atom. The maximum Gasteiger partial charge on any atom is 0.128 e. The average molecular weight is 372 g/mol. The number of nitrogens with zero attached hydrogens (tertiary/aromatic N) is 2. The fraction of sp³-hybridized carbons (Fsp3) is 0.167. The second kappa shape index (κ2) is 8.09. The first-order valence-corrected chi connectivity index (χ1v) is 9.14. The monoisotopic (exact) mass is 372 g/mol. The highest BCUT2D eigenvalue weighted by atomic mass is 16.3. The highest BCUT2D eigenvalue weighted by Gasteiger charge is 2.13. The van der Waals surface area contributed by atoms with E-state index in [1.54, 1.807) is 6.07 Å². The van der Waals surface area contributed by atoms with Crippen LogP contribution in [0.1, 0.15) is 36.1 Å². The molecule has 0 atom stereocenters. The van der Waals surface area contributed by atoms with Crippen molar-refractivity contribution in [3.63, 3.8) is 0 Å². The predicted octanol–water partition coefficient (Wildman–Crippen LogP) is 6.00. The second-order valence-corrected chi connectivity index (χ2v) is 6.95. The molecule has 0 aliphatic rings. The van der Waals surface area contributed by atoms with Crippen molar-refractivity contribution < 1.29 is 10.2 Å². The van der Waals surface area contributed by atoms with Crippen molar-refractivity contribution >= 4 is 22.8 Å². The molecule has 0 aliphatic carbocycles. The first-order valence-electron chi connectivity index (χ1n) is 9.14. The first kappa shape index (κ1) is 19.4. The topological polar surface area (TPSA) is 65.2 Å². The lowest BCUT2D eigenvalue weighted by atomic mass is 10.0. The van der Waals surface area contributed by atoms with Crippen molar-refractivity contribution in [2.75, 3.05) is 0 Å². The molecule has 0 saturated heterocycles. The van der Waals surface area contributed by atoms with Crippen LogP contribution in [0.2, 0.25) is 0 Å². The molecule has 3 aromatic carbocycles. The molecular formula is C24H24N2O2. The third kappa shape index (κ3) is 4.46. The van der Waals surface area contributed by atoms with E-state index >= 15 is 0 Å². The van der Waals surface area contributed by atoms with Crippen LogP contribution in [0.5, 0.6) is 11.5 Å². The number of aliphatic imine (C=N–C) groups is 2. The minimum Gasteiger partial charge on any atom is -0.507 e. The fourth-order valence-corrected chi connectivity index (χ4v) is 2.90. The Morgan fingerprint density at radius 2 is 0.964 bits per heavy atom. The number of hydrogen-bond donors (Lipinski definition) is 2. The molecule has 0 spiro atoms. The molecule has 4 nitrogen and oxygen atoms in total. The van der Waals surface area contributed by atoms with Crippen LogP contribution in [0, 0.1) is 13.8 Å². The summed E-state index contributed by atoms with van der Waals surface area (Å²) in [6.45, 7) is 7.72. The molecule has 0 amide bonds. The van der Waals surface area contributed by atoms with Crippen molar-refractivity contribution in [3.05, 3.63) is 82.9 Å². The van der Waals surface area contributed by atoms with Crippen molar-refractivity contribution in [1.82, 2.24) is 0 Å². The molecule has 0 radical (unpaired) electrons. The molecule has 142 valence electrons. The highest BCUT2D eigenvalue weighted by Crippen LogP contribution is 2.30. The van der Waals surface area contributed by atoms with Gasteiger partial charge in [-0.3, -0.25) is 9.98 Å². The summed E-state index contributed by atoms with van der Waals surface area (Å²) in [5.41, 5.74) is 6.38. The number of rotatable bonds is 4. The van der Waals surface area contributed by atoms with Gasteiger partial charge < -0.3 is 10.2 Å². The van der Waals surface area contributed by atoms with Crippen LogP contribution in [0.15, 0.2) is 70.6 Å². The van der Waals surface area contributed by atoms with Gasteiger partial charge in [0.25, 0.3) is 0 Å². The van der Waals surface area contributed by atoms with Crippen LogP contribution in [0.3, 0.4) is 0 Å². The van der Waals surface area contributed by atoms with Crippen molar-refractivity contribution in [3.8, 4) is 11.5 Å². The quantitative estimate of drug-likeness (QED) is 0.552. The van der Waals surface area contributed by atoms with Crippen LogP contribution >= 0.6 is 0 Å². The van der Waals surface area contributed by atoms with E-state index in [0.717, 1.165) is 22.5 Å². The van der Waals surface area contributed by atoms with Gasteiger partial charge in [-0.2, -0.15) is 0 Å². The van der Waals surface area contributed by atoms with Crippen molar-refractivity contribution in [1.29, 1.82) is 0 Å². The predicted molar refractivity (Wildman–Crippen MR) is 116 cm³/mol. The van der Waals surface area contributed by atoms with Crippen molar-refractivity contribution in [2.45, 2.75) is 27.7 Å². The molecule has 28 heavy (non-hydrogen) atoms. The van der Waals surface area contributed by atoms with Crippen LogP contribution in [-0.2, 0) is 0 Å².